The van der Waals surface area contributed by atoms with Crippen LogP contribution in [-0.4, -0.2) is 38.1 Å². The number of carbonyl (C=O) groups excluding carboxylic acids is 3. The van der Waals surface area contributed by atoms with Crippen molar-refractivity contribution in [1.82, 2.24) is 5.32 Å². The standard InChI is InChI=1S/C21H21NO5/c1-26-19(24)15-7-9-16(10-8-15)20(25)27-13-18(23)22-14-21(11-12-21)17-5-3-2-4-6-17/h2-10H,11-14H2,1H3,(H,22,23). The quantitative estimate of drug-likeness (QED) is 0.761. The number of hydrogen-bond donors (Lipinski definition) is 1. The van der Waals surface area contributed by atoms with Gasteiger partial charge in [0.2, 0.25) is 0 Å². The van der Waals surface area contributed by atoms with E-state index in [1.807, 2.05) is 18.2 Å². The molecule has 0 radical (unpaired) electrons. The molecule has 1 N–H and O–H groups in total. The molecular formula is C21H21NO5. The molecule has 0 aromatic heterocycles. The normalized spacial score (nSPS) is 14.1. The molecule has 0 bridgehead atoms. The maximum absolute atomic E-state index is 12.0. The van der Waals surface area contributed by atoms with Crippen molar-refractivity contribution in [1.29, 1.82) is 0 Å². The summed E-state index contributed by atoms with van der Waals surface area (Å²) < 4.78 is 9.64. The minimum absolute atomic E-state index is 0.00461. The third-order valence-corrected chi connectivity index (χ3v) is 4.74. The summed E-state index contributed by atoms with van der Waals surface area (Å²) in [5.74, 6) is -1.44. The van der Waals surface area contributed by atoms with Gasteiger partial charge in [-0.1, -0.05) is 30.3 Å². The molecule has 2 aromatic rings. The second kappa shape index (κ2) is 8.03. The van der Waals surface area contributed by atoms with Crippen molar-refractivity contribution >= 4 is 17.8 Å². The zero-order valence-corrected chi connectivity index (χ0v) is 15.1. The highest BCUT2D eigenvalue weighted by Crippen LogP contribution is 2.47. The highest BCUT2D eigenvalue weighted by atomic mass is 16.5. The summed E-state index contributed by atoms with van der Waals surface area (Å²) in [6, 6.07) is 15.9. The second-order valence-electron chi connectivity index (χ2n) is 6.57. The Morgan fingerprint density at radius 2 is 1.52 bits per heavy atom. The number of benzene rings is 2. The lowest BCUT2D eigenvalue weighted by Gasteiger charge is -2.16. The van der Waals surface area contributed by atoms with Gasteiger partial charge in [0, 0.05) is 12.0 Å². The molecule has 2 aromatic carbocycles. The van der Waals surface area contributed by atoms with Gasteiger partial charge in [-0.25, -0.2) is 9.59 Å². The fourth-order valence-corrected chi connectivity index (χ4v) is 2.90. The summed E-state index contributed by atoms with van der Waals surface area (Å²) in [6.45, 7) is 0.184. The van der Waals surface area contributed by atoms with Crippen LogP contribution < -0.4 is 5.32 Å². The number of amides is 1. The smallest absolute Gasteiger partial charge is 0.338 e. The van der Waals surface area contributed by atoms with Crippen LogP contribution in [0.15, 0.2) is 54.6 Å². The van der Waals surface area contributed by atoms with Crippen LogP contribution in [0.2, 0.25) is 0 Å². The average Bonchev–Trinajstić information content (AvgIpc) is 3.52. The van der Waals surface area contributed by atoms with Crippen LogP contribution in [0, 0.1) is 0 Å². The van der Waals surface area contributed by atoms with Gasteiger partial charge in [-0.3, -0.25) is 4.79 Å². The summed E-state index contributed by atoms with van der Waals surface area (Å²) >= 11 is 0. The van der Waals surface area contributed by atoms with Crippen LogP contribution in [0.3, 0.4) is 0 Å². The molecule has 1 aliphatic carbocycles. The first-order valence-corrected chi connectivity index (χ1v) is 8.72. The third kappa shape index (κ3) is 4.53. The molecule has 0 spiro atoms. The van der Waals surface area contributed by atoms with E-state index in [1.54, 1.807) is 0 Å². The lowest BCUT2D eigenvalue weighted by atomic mass is 9.96. The van der Waals surface area contributed by atoms with Gasteiger partial charge in [-0.15, -0.1) is 0 Å². The van der Waals surface area contributed by atoms with Crippen molar-refractivity contribution in [2.75, 3.05) is 20.3 Å². The molecule has 1 aliphatic rings. The minimum atomic E-state index is -0.620. The summed E-state index contributed by atoms with van der Waals surface area (Å²) in [5, 5.41) is 2.85. The Hall–Kier alpha value is -3.15. The van der Waals surface area contributed by atoms with E-state index in [4.69, 9.17) is 4.74 Å². The molecule has 0 unspecified atom stereocenters. The molecule has 0 aliphatic heterocycles. The van der Waals surface area contributed by atoms with Crippen LogP contribution in [0.25, 0.3) is 0 Å². The highest BCUT2D eigenvalue weighted by Gasteiger charge is 2.44. The maximum atomic E-state index is 12.0. The van der Waals surface area contributed by atoms with E-state index < -0.39 is 11.9 Å². The Morgan fingerprint density at radius 3 is 2.07 bits per heavy atom. The molecule has 0 atom stereocenters. The monoisotopic (exact) mass is 367 g/mol. The molecule has 1 fully saturated rings. The molecule has 0 heterocycles. The number of esters is 2. The molecule has 1 saturated carbocycles. The van der Waals surface area contributed by atoms with Gasteiger partial charge < -0.3 is 14.8 Å². The number of ether oxygens (including phenoxy) is 2. The van der Waals surface area contributed by atoms with E-state index in [0.717, 1.165) is 12.8 Å². The summed E-state index contributed by atoms with van der Waals surface area (Å²) in [6.07, 6.45) is 2.06. The molecule has 6 nitrogen and oxygen atoms in total. The molecule has 27 heavy (non-hydrogen) atoms. The number of hydrogen-bond acceptors (Lipinski definition) is 5. The predicted octanol–water partition coefficient (Wildman–Crippen LogP) is 2.48. The van der Waals surface area contributed by atoms with Gasteiger partial charge in [-0.05, 0) is 42.7 Å². The van der Waals surface area contributed by atoms with E-state index >= 15 is 0 Å². The van der Waals surface area contributed by atoms with Gasteiger partial charge in [0.15, 0.2) is 6.61 Å². The van der Waals surface area contributed by atoms with Crippen LogP contribution in [0.4, 0.5) is 0 Å². The van der Waals surface area contributed by atoms with Crippen LogP contribution >= 0.6 is 0 Å². The Morgan fingerprint density at radius 1 is 0.926 bits per heavy atom. The van der Waals surface area contributed by atoms with Crippen molar-refractivity contribution < 1.29 is 23.9 Å². The summed E-state index contributed by atoms with van der Waals surface area (Å²) in [7, 11) is 1.28. The maximum Gasteiger partial charge on any atom is 0.338 e. The van der Waals surface area contributed by atoms with Gasteiger partial charge in [-0.2, -0.15) is 0 Å². The molecule has 1 amide bonds. The van der Waals surface area contributed by atoms with Crippen LogP contribution in [-0.2, 0) is 19.7 Å². The molecule has 0 saturated heterocycles. The Kier molecular flexibility index (Phi) is 5.54. The van der Waals surface area contributed by atoms with Crippen LogP contribution in [0.5, 0.6) is 0 Å². The summed E-state index contributed by atoms with van der Waals surface area (Å²) in [4.78, 5) is 35.4. The topological polar surface area (TPSA) is 81.7 Å². The average molecular weight is 367 g/mol. The van der Waals surface area contributed by atoms with Crippen molar-refractivity contribution in [2.24, 2.45) is 0 Å². The first-order valence-electron chi connectivity index (χ1n) is 8.72. The van der Waals surface area contributed by atoms with E-state index in [0.29, 0.717) is 12.1 Å². The largest absolute Gasteiger partial charge is 0.465 e. The van der Waals surface area contributed by atoms with E-state index in [9.17, 15) is 14.4 Å². The first-order chi connectivity index (χ1) is 13.0. The van der Waals surface area contributed by atoms with E-state index in [1.165, 1.54) is 36.9 Å². The van der Waals surface area contributed by atoms with Crippen molar-refractivity contribution in [3.63, 3.8) is 0 Å². The second-order valence-corrected chi connectivity index (χ2v) is 6.57. The van der Waals surface area contributed by atoms with Gasteiger partial charge in [0.1, 0.15) is 0 Å². The third-order valence-electron chi connectivity index (χ3n) is 4.74. The van der Waals surface area contributed by atoms with Crippen molar-refractivity contribution in [2.45, 2.75) is 18.3 Å². The molecule has 6 heteroatoms. The van der Waals surface area contributed by atoms with Gasteiger partial charge in [0.25, 0.3) is 5.91 Å². The number of nitrogens with one attached hydrogen (secondary N) is 1. The minimum Gasteiger partial charge on any atom is -0.465 e. The van der Waals surface area contributed by atoms with Crippen molar-refractivity contribution in [3.8, 4) is 0 Å². The highest BCUT2D eigenvalue weighted by molar-refractivity contribution is 5.94. The fourth-order valence-electron chi connectivity index (χ4n) is 2.90. The number of methoxy groups -OCH3 is 1. The Bertz CT molecular complexity index is 825. The molecule has 140 valence electrons. The van der Waals surface area contributed by atoms with Gasteiger partial charge in [0.05, 0.1) is 18.2 Å². The Balaban J connectivity index is 1.46. The Labute approximate surface area is 157 Å². The SMILES string of the molecule is COC(=O)c1ccc(C(=O)OCC(=O)NCC2(c3ccccc3)CC2)cc1. The lowest BCUT2D eigenvalue weighted by molar-refractivity contribution is -0.124. The zero-order valence-electron chi connectivity index (χ0n) is 15.1. The number of carbonyl (C=O) groups is 3. The van der Waals surface area contributed by atoms with Crippen LogP contribution in [0.1, 0.15) is 39.1 Å². The van der Waals surface area contributed by atoms with E-state index in [-0.39, 0.29) is 23.5 Å². The van der Waals surface area contributed by atoms with E-state index in [2.05, 4.69) is 22.2 Å². The summed E-state index contributed by atoms with van der Waals surface area (Å²) in [5.41, 5.74) is 1.82. The first kappa shape index (κ1) is 18.6. The zero-order chi connectivity index (χ0) is 19.3. The number of rotatable bonds is 7. The van der Waals surface area contributed by atoms with Gasteiger partial charge >= 0.3 is 11.9 Å². The molecule has 3 rings (SSSR count). The lowest BCUT2D eigenvalue weighted by Crippen LogP contribution is -2.35. The predicted molar refractivity (Wildman–Crippen MR) is 98.4 cm³/mol. The molecular weight excluding hydrogens is 346 g/mol. The fraction of sp³-hybridized carbons (Fsp3) is 0.286. The van der Waals surface area contributed by atoms with Crippen molar-refractivity contribution in [3.05, 3.63) is 71.3 Å².